The molecule has 1 aromatic carbocycles. The molecule has 4 nitrogen and oxygen atoms in total. The van der Waals surface area contributed by atoms with E-state index < -0.39 is 5.82 Å². The molecule has 0 bridgehead atoms. The minimum atomic E-state index is -0.454. The van der Waals surface area contributed by atoms with Crippen molar-refractivity contribution in [2.75, 3.05) is 0 Å². The summed E-state index contributed by atoms with van der Waals surface area (Å²) < 4.78 is 15.4. The van der Waals surface area contributed by atoms with Gasteiger partial charge in [-0.05, 0) is 41.1 Å². The molecule has 0 unspecified atom stereocenters. The molecule has 0 aliphatic rings. The highest BCUT2D eigenvalue weighted by Gasteiger charge is 2.10. The number of hydrogen-bond acceptors (Lipinski definition) is 2. The number of hydrogen-bond donors (Lipinski definition) is 1. The van der Waals surface area contributed by atoms with Crippen molar-refractivity contribution in [3.8, 4) is 0 Å². The van der Waals surface area contributed by atoms with Crippen LogP contribution in [-0.4, -0.2) is 15.7 Å². The van der Waals surface area contributed by atoms with Gasteiger partial charge in [-0.2, -0.15) is 5.10 Å². The van der Waals surface area contributed by atoms with Crippen LogP contribution in [0.3, 0.4) is 0 Å². The standard InChI is InChI=1S/C13H13BrFN3O/c1-8-10(7-17-18(8)2)6-16-13(19)9-3-4-11(14)12(15)5-9/h3-5,7H,6H2,1-2H3,(H,16,19). The first kappa shape index (κ1) is 13.7. The van der Waals surface area contributed by atoms with Gasteiger partial charge in [0, 0.05) is 30.4 Å². The third-order valence-electron chi connectivity index (χ3n) is 2.96. The van der Waals surface area contributed by atoms with Gasteiger partial charge in [-0.15, -0.1) is 0 Å². The first-order chi connectivity index (χ1) is 8.99. The van der Waals surface area contributed by atoms with Crippen molar-refractivity contribution in [1.29, 1.82) is 0 Å². The highest BCUT2D eigenvalue weighted by atomic mass is 79.9. The largest absolute Gasteiger partial charge is 0.348 e. The van der Waals surface area contributed by atoms with Crippen LogP contribution in [0.5, 0.6) is 0 Å². The molecule has 0 aliphatic carbocycles. The highest BCUT2D eigenvalue weighted by Crippen LogP contribution is 2.16. The predicted molar refractivity (Wildman–Crippen MR) is 73.2 cm³/mol. The second kappa shape index (κ2) is 5.52. The highest BCUT2D eigenvalue weighted by molar-refractivity contribution is 9.10. The fourth-order valence-electron chi connectivity index (χ4n) is 1.63. The number of amides is 1. The number of rotatable bonds is 3. The fraction of sp³-hybridized carbons (Fsp3) is 0.231. The number of aromatic nitrogens is 2. The first-order valence-corrected chi connectivity index (χ1v) is 6.49. The Morgan fingerprint density at radius 3 is 2.84 bits per heavy atom. The van der Waals surface area contributed by atoms with Crippen LogP contribution >= 0.6 is 15.9 Å². The predicted octanol–water partition coefficient (Wildman–Crippen LogP) is 2.56. The molecule has 2 aromatic rings. The van der Waals surface area contributed by atoms with Crippen LogP contribution in [-0.2, 0) is 13.6 Å². The molecule has 0 atom stereocenters. The summed E-state index contributed by atoms with van der Waals surface area (Å²) in [6.07, 6.45) is 1.71. The number of nitrogens with zero attached hydrogens (tertiary/aromatic N) is 2. The topological polar surface area (TPSA) is 46.9 Å². The van der Waals surface area contributed by atoms with E-state index in [4.69, 9.17) is 0 Å². The van der Waals surface area contributed by atoms with Gasteiger partial charge in [0.15, 0.2) is 0 Å². The maximum atomic E-state index is 13.3. The van der Waals surface area contributed by atoms with Gasteiger partial charge in [0.25, 0.3) is 5.91 Å². The van der Waals surface area contributed by atoms with Gasteiger partial charge in [0.1, 0.15) is 5.82 Å². The summed E-state index contributed by atoms with van der Waals surface area (Å²) >= 11 is 3.05. The first-order valence-electron chi connectivity index (χ1n) is 5.69. The Bertz CT molecular complexity index is 624. The minimum absolute atomic E-state index is 0.294. The molecule has 100 valence electrons. The molecule has 6 heteroatoms. The Hall–Kier alpha value is -1.69. The van der Waals surface area contributed by atoms with Crippen molar-refractivity contribution >= 4 is 21.8 Å². The average Bonchev–Trinajstić information content (AvgIpc) is 2.70. The van der Waals surface area contributed by atoms with Crippen LogP contribution < -0.4 is 5.32 Å². The van der Waals surface area contributed by atoms with Crippen LogP contribution in [0.4, 0.5) is 4.39 Å². The van der Waals surface area contributed by atoms with Gasteiger partial charge < -0.3 is 5.32 Å². The van der Waals surface area contributed by atoms with Crippen molar-refractivity contribution in [2.45, 2.75) is 13.5 Å². The van der Waals surface area contributed by atoms with Crippen molar-refractivity contribution in [3.63, 3.8) is 0 Å². The van der Waals surface area contributed by atoms with Gasteiger partial charge in [-0.1, -0.05) is 0 Å². The molecule has 1 amide bonds. The lowest BCUT2D eigenvalue weighted by molar-refractivity contribution is 0.0950. The molecule has 1 aromatic heterocycles. The number of nitrogens with one attached hydrogen (secondary N) is 1. The van der Waals surface area contributed by atoms with Crippen LogP contribution in [0, 0.1) is 12.7 Å². The molecular formula is C13H13BrFN3O. The van der Waals surface area contributed by atoms with E-state index in [1.54, 1.807) is 16.9 Å². The zero-order valence-electron chi connectivity index (χ0n) is 10.6. The van der Waals surface area contributed by atoms with Crippen molar-refractivity contribution in [1.82, 2.24) is 15.1 Å². The summed E-state index contributed by atoms with van der Waals surface area (Å²) in [6.45, 7) is 2.30. The molecule has 19 heavy (non-hydrogen) atoms. The van der Waals surface area contributed by atoms with Crippen LogP contribution in [0.15, 0.2) is 28.9 Å². The van der Waals surface area contributed by atoms with Gasteiger partial charge >= 0.3 is 0 Å². The van der Waals surface area contributed by atoms with E-state index in [2.05, 4.69) is 26.3 Å². The smallest absolute Gasteiger partial charge is 0.251 e. The zero-order chi connectivity index (χ0) is 14.0. The molecule has 0 saturated carbocycles. The maximum Gasteiger partial charge on any atom is 0.251 e. The number of carbonyl (C=O) groups excluding carboxylic acids is 1. The summed E-state index contributed by atoms with van der Waals surface area (Å²) in [4.78, 5) is 11.9. The number of aryl methyl sites for hydroxylation is 1. The fourth-order valence-corrected chi connectivity index (χ4v) is 1.88. The molecule has 1 N–H and O–H groups in total. The number of carbonyl (C=O) groups is 1. The quantitative estimate of drug-likeness (QED) is 0.942. The molecule has 0 spiro atoms. The Balaban J connectivity index is 2.05. The van der Waals surface area contributed by atoms with Gasteiger partial charge in [0.2, 0.25) is 0 Å². The number of benzene rings is 1. The average molecular weight is 326 g/mol. The zero-order valence-corrected chi connectivity index (χ0v) is 12.2. The second-order valence-corrected chi connectivity index (χ2v) is 5.04. The van der Waals surface area contributed by atoms with Crippen LogP contribution in [0.1, 0.15) is 21.6 Å². The number of halogens is 2. The summed E-state index contributed by atoms with van der Waals surface area (Å²) in [7, 11) is 1.84. The molecule has 0 aliphatic heterocycles. The van der Waals surface area contributed by atoms with E-state index in [0.717, 1.165) is 11.3 Å². The lowest BCUT2D eigenvalue weighted by Crippen LogP contribution is -2.23. The SMILES string of the molecule is Cc1c(CNC(=O)c2ccc(Br)c(F)c2)cnn1C. The van der Waals surface area contributed by atoms with Gasteiger partial charge in [-0.25, -0.2) is 4.39 Å². The van der Waals surface area contributed by atoms with Crippen LogP contribution in [0.25, 0.3) is 0 Å². The van der Waals surface area contributed by atoms with E-state index in [0.29, 0.717) is 16.6 Å². The second-order valence-electron chi connectivity index (χ2n) is 4.19. The summed E-state index contributed by atoms with van der Waals surface area (Å²) in [6, 6.07) is 4.29. The van der Waals surface area contributed by atoms with E-state index >= 15 is 0 Å². The lowest BCUT2D eigenvalue weighted by atomic mass is 10.2. The van der Waals surface area contributed by atoms with Gasteiger partial charge in [-0.3, -0.25) is 9.48 Å². The van der Waals surface area contributed by atoms with Crippen molar-refractivity contribution < 1.29 is 9.18 Å². The Labute approximate surface area is 118 Å². The lowest BCUT2D eigenvalue weighted by Gasteiger charge is -2.05. The van der Waals surface area contributed by atoms with Crippen molar-refractivity contribution in [3.05, 3.63) is 51.5 Å². The van der Waals surface area contributed by atoms with Crippen molar-refractivity contribution in [2.24, 2.45) is 7.05 Å². The summed E-state index contributed by atoms with van der Waals surface area (Å²) in [5.74, 6) is -0.764. The Morgan fingerprint density at radius 1 is 1.53 bits per heavy atom. The molecule has 0 fully saturated rings. The summed E-state index contributed by atoms with van der Waals surface area (Å²) in [5.41, 5.74) is 2.22. The van der Waals surface area contributed by atoms with E-state index in [9.17, 15) is 9.18 Å². The Morgan fingerprint density at radius 2 is 2.26 bits per heavy atom. The normalized spacial score (nSPS) is 10.5. The molecule has 1 heterocycles. The monoisotopic (exact) mass is 325 g/mol. The van der Waals surface area contributed by atoms with Crippen LogP contribution in [0.2, 0.25) is 0 Å². The van der Waals surface area contributed by atoms with Gasteiger partial charge in [0.05, 0.1) is 10.7 Å². The molecule has 0 saturated heterocycles. The Kier molecular flexibility index (Phi) is 3.99. The van der Waals surface area contributed by atoms with E-state index in [-0.39, 0.29) is 5.91 Å². The molecule has 0 radical (unpaired) electrons. The minimum Gasteiger partial charge on any atom is -0.348 e. The molecular weight excluding hydrogens is 313 g/mol. The van der Waals surface area contributed by atoms with E-state index in [1.807, 2.05) is 14.0 Å². The third-order valence-corrected chi connectivity index (χ3v) is 3.60. The van der Waals surface area contributed by atoms with E-state index in [1.165, 1.54) is 12.1 Å². The third kappa shape index (κ3) is 3.01. The molecule has 2 rings (SSSR count). The summed E-state index contributed by atoms with van der Waals surface area (Å²) in [5, 5.41) is 6.83. The maximum absolute atomic E-state index is 13.3.